The van der Waals surface area contributed by atoms with Gasteiger partial charge in [0.2, 0.25) is 0 Å². The first-order chi connectivity index (χ1) is 9.86. The van der Waals surface area contributed by atoms with Crippen molar-refractivity contribution in [3.63, 3.8) is 0 Å². The second-order valence-electron chi connectivity index (χ2n) is 6.42. The van der Waals surface area contributed by atoms with Gasteiger partial charge in [-0.25, -0.2) is 0 Å². The molecule has 2 heterocycles. The number of benzene rings is 1. The molecule has 1 aromatic carbocycles. The molecule has 20 heavy (non-hydrogen) atoms. The molecular formula is C17H27N3. The highest BCUT2D eigenvalue weighted by molar-refractivity contribution is 5.22. The van der Waals surface area contributed by atoms with Gasteiger partial charge in [-0.15, -0.1) is 0 Å². The minimum absolute atomic E-state index is 0.624. The third kappa shape index (κ3) is 3.22. The van der Waals surface area contributed by atoms with Crippen LogP contribution in [0.25, 0.3) is 0 Å². The van der Waals surface area contributed by atoms with Crippen LogP contribution in [-0.2, 0) is 0 Å². The molecule has 3 rings (SSSR count). The highest BCUT2D eigenvalue weighted by Crippen LogP contribution is 2.32. The molecule has 110 valence electrons. The molecule has 3 heteroatoms. The Bertz CT molecular complexity index is 400. The maximum absolute atomic E-state index is 6.02. The summed E-state index contributed by atoms with van der Waals surface area (Å²) in [6, 6.07) is 10.9. The molecule has 2 fully saturated rings. The summed E-state index contributed by atoms with van der Waals surface area (Å²) >= 11 is 0. The summed E-state index contributed by atoms with van der Waals surface area (Å²) in [5.41, 5.74) is 7.49. The van der Waals surface area contributed by atoms with Crippen molar-refractivity contribution in [2.24, 2.45) is 17.6 Å². The summed E-state index contributed by atoms with van der Waals surface area (Å²) in [7, 11) is 0. The Morgan fingerprint density at radius 1 is 1.10 bits per heavy atom. The summed E-state index contributed by atoms with van der Waals surface area (Å²) in [5, 5.41) is 3.46. The van der Waals surface area contributed by atoms with Crippen LogP contribution in [0.2, 0.25) is 0 Å². The molecule has 2 aliphatic rings. The molecule has 0 unspecified atom stereocenters. The molecule has 3 N–H and O–H groups in total. The van der Waals surface area contributed by atoms with E-state index in [4.69, 9.17) is 5.73 Å². The molecule has 3 nitrogen and oxygen atoms in total. The Morgan fingerprint density at radius 3 is 2.55 bits per heavy atom. The Hall–Kier alpha value is -0.900. The van der Waals surface area contributed by atoms with Crippen molar-refractivity contribution in [2.75, 3.05) is 39.3 Å². The molecule has 0 spiro atoms. The predicted molar refractivity (Wildman–Crippen MR) is 83.8 cm³/mol. The van der Waals surface area contributed by atoms with Crippen LogP contribution in [0.3, 0.4) is 0 Å². The van der Waals surface area contributed by atoms with E-state index < -0.39 is 0 Å². The van der Waals surface area contributed by atoms with Crippen molar-refractivity contribution in [2.45, 2.75) is 18.8 Å². The van der Waals surface area contributed by atoms with Gasteiger partial charge in [-0.05, 0) is 49.9 Å². The van der Waals surface area contributed by atoms with Crippen molar-refractivity contribution >= 4 is 0 Å². The SMILES string of the molecule is NC[C@@H]1CN(CC2CCNCC2)C[C@H]1c1ccccc1. The maximum atomic E-state index is 6.02. The first-order valence-electron chi connectivity index (χ1n) is 8.05. The van der Waals surface area contributed by atoms with Crippen LogP contribution in [0, 0.1) is 11.8 Å². The molecule has 2 saturated heterocycles. The van der Waals surface area contributed by atoms with E-state index >= 15 is 0 Å². The topological polar surface area (TPSA) is 41.3 Å². The zero-order valence-electron chi connectivity index (χ0n) is 12.3. The largest absolute Gasteiger partial charge is 0.330 e. The Labute approximate surface area is 122 Å². The fourth-order valence-electron chi connectivity index (χ4n) is 3.86. The average Bonchev–Trinajstić information content (AvgIpc) is 2.92. The first kappa shape index (κ1) is 14.1. The van der Waals surface area contributed by atoms with Gasteiger partial charge in [0.05, 0.1) is 0 Å². The second-order valence-corrected chi connectivity index (χ2v) is 6.42. The van der Waals surface area contributed by atoms with Gasteiger partial charge in [-0.1, -0.05) is 30.3 Å². The minimum atomic E-state index is 0.624. The summed E-state index contributed by atoms with van der Waals surface area (Å²) in [6.45, 7) is 6.83. The van der Waals surface area contributed by atoms with Crippen LogP contribution in [0.4, 0.5) is 0 Å². The quantitative estimate of drug-likeness (QED) is 0.876. The number of piperidine rings is 1. The van der Waals surface area contributed by atoms with Crippen molar-refractivity contribution < 1.29 is 0 Å². The lowest BCUT2D eigenvalue weighted by Crippen LogP contribution is -2.35. The zero-order chi connectivity index (χ0) is 13.8. The van der Waals surface area contributed by atoms with Crippen LogP contribution in [0.1, 0.15) is 24.3 Å². The first-order valence-corrected chi connectivity index (χ1v) is 8.05. The third-order valence-corrected chi connectivity index (χ3v) is 5.02. The van der Waals surface area contributed by atoms with E-state index in [0.717, 1.165) is 12.5 Å². The number of nitrogens with two attached hydrogens (primary N) is 1. The Balaban J connectivity index is 1.62. The third-order valence-electron chi connectivity index (χ3n) is 5.02. The molecule has 0 aliphatic carbocycles. The van der Waals surface area contributed by atoms with Crippen LogP contribution < -0.4 is 11.1 Å². The predicted octanol–water partition coefficient (Wildman–Crippen LogP) is 1.66. The van der Waals surface area contributed by atoms with Crippen LogP contribution in [0.5, 0.6) is 0 Å². The molecule has 2 atom stereocenters. The van der Waals surface area contributed by atoms with E-state index in [1.165, 1.54) is 51.1 Å². The van der Waals surface area contributed by atoms with Gasteiger partial charge in [0, 0.05) is 25.6 Å². The number of nitrogens with zero attached hydrogens (tertiary/aromatic N) is 1. The van der Waals surface area contributed by atoms with Crippen molar-refractivity contribution in [3.05, 3.63) is 35.9 Å². The smallest absolute Gasteiger partial charge is 0.00541 e. The van der Waals surface area contributed by atoms with Gasteiger partial charge < -0.3 is 16.0 Å². The molecule has 0 aromatic heterocycles. The van der Waals surface area contributed by atoms with E-state index in [0.29, 0.717) is 11.8 Å². The van der Waals surface area contributed by atoms with Gasteiger partial charge in [0.15, 0.2) is 0 Å². The number of likely N-dealkylation sites (tertiary alicyclic amines) is 1. The molecule has 0 saturated carbocycles. The summed E-state index contributed by atoms with van der Waals surface area (Å²) in [4.78, 5) is 2.66. The van der Waals surface area contributed by atoms with Crippen molar-refractivity contribution in [1.82, 2.24) is 10.2 Å². The average molecular weight is 273 g/mol. The monoisotopic (exact) mass is 273 g/mol. The molecule has 0 amide bonds. The van der Waals surface area contributed by atoms with E-state index in [1.807, 2.05) is 0 Å². The fourth-order valence-corrected chi connectivity index (χ4v) is 3.86. The van der Waals surface area contributed by atoms with E-state index in [2.05, 4.69) is 40.5 Å². The minimum Gasteiger partial charge on any atom is -0.330 e. The van der Waals surface area contributed by atoms with Crippen molar-refractivity contribution in [3.8, 4) is 0 Å². The Kier molecular flexibility index (Phi) is 4.71. The lowest BCUT2D eigenvalue weighted by atomic mass is 9.89. The molecule has 0 radical (unpaired) electrons. The lowest BCUT2D eigenvalue weighted by molar-refractivity contribution is 0.234. The van der Waals surface area contributed by atoms with Crippen LogP contribution in [-0.4, -0.2) is 44.2 Å². The molecular weight excluding hydrogens is 246 g/mol. The number of nitrogens with one attached hydrogen (secondary N) is 1. The molecule has 2 aliphatic heterocycles. The molecule has 1 aromatic rings. The van der Waals surface area contributed by atoms with Gasteiger partial charge in [-0.3, -0.25) is 0 Å². The molecule has 0 bridgehead atoms. The van der Waals surface area contributed by atoms with Crippen LogP contribution >= 0.6 is 0 Å². The Morgan fingerprint density at radius 2 is 1.85 bits per heavy atom. The van der Waals surface area contributed by atoms with E-state index in [9.17, 15) is 0 Å². The van der Waals surface area contributed by atoms with Crippen LogP contribution in [0.15, 0.2) is 30.3 Å². The highest BCUT2D eigenvalue weighted by atomic mass is 15.2. The van der Waals surface area contributed by atoms with Gasteiger partial charge >= 0.3 is 0 Å². The fraction of sp³-hybridized carbons (Fsp3) is 0.647. The second kappa shape index (κ2) is 6.70. The number of rotatable bonds is 4. The summed E-state index contributed by atoms with van der Waals surface area (Å²) < 4.78 is 0. The van der Waals surface area contributed by atoms with Gasteiger partial charge in [0.1, 0.15) is 0 Å². The number of hydrogen-bond acceptors (Lipinski definition) is 3. The normalized spacial score (nSPS) is 28.9. The van der Waals surface area contributed by atoms with Gasteiger partial charge in [-0.2, -0.15) is 0 Å². The van der Waals surface area contributed by atoms with Crippen molar-refractivity contribution in [1.29, 1.82) is 0 Å². The summed E-state index contributed by atoms with van der Waals surface area (Å²) in [5.74, 6) is 2.13. The lowest BCUT2D eigenvalue weighted by Gasteiger charge is -2.27. The van der Waals surface area contributed by atoms with E-state index in [-0.39, 0.29) is 0 Å². The zero-order valence-corrected chi connectivity index (χ0v) is 12.3. The maximum Gasteiger partial charge on any atom is 0.00541 e. The standard InChI is InChI=1S/C17H27N3/c18-10-16-12-20(11-14-6-8-19-9-7-14)13-17(16)15-4-2-1-3-5-15/h1-5,14,16-17,19H,6-13,18H2/t16-,17+/m1/s1. The van der Waals surface area contributed by atoms with E-state index in [1.54, 1.807) is 0 Å². The highest BCUT2D eigenvalue weighted by Gasteiger charge is 2.33. The van der Waals surface area contributed by atoms with Gasteiger partial charge in [0.25, 0.3) is 0 Å². The number of hydrogen-bond donors (Lipinski definition) is 2. The summed E-state index contributed by atoms with van der Waals surface area (Å²) in [6.07, 6.45) is 2.67.